The number of piperidine rings is 1. The Balaban J connectivity index is 1.35. The Hall–Kier alpha value is -2.97. The van der Waals surface area contributed by atoms with Crippen molar-refractivity contribution in [3.8, 4) is 11.5 Å². The van der Waals surface area contributed by atoms with Gasteiger partial charge in [-0.25, -0.2) is 14.4 Å². The van der Waals surface area contributed by atoms with E-state index in [-0.39, 0.29) is 46.9 Å². The number of amides is 1. The summed E-state index contributed by atoms with van der Waals surface area (Å²) in [6.07, 6.45) is 3.73. The second kappa shape index (κ2) is 13.1. The average molecular weight is 644 g/mol. The van der Waals surface area contributed by atoms with Gasteiger partial charge in [0.05, 0.1) is 53.7 Å². The number of carbonyl (C=O) groups excluding carboxylic acids is 1. The minimum Gasteiger partial charge on any atom is -0.486 e. The van der Waals surface area contributed by atoms with Crippen LogP contribution >= 0.6 is 23.2 Å². The number of benzene rings is 2. The normalized spacial score (nSPS) is 17.9. The zero-order valence-electron chi connectivity index (χ0n) is 22.6. The summed E-state index contributed by atoms with van der Waals surface area (Å²) in [5.41, 5.74) is 0.639. The van der Waals surface area contributed by atoms with Crippen LogP contribution in [-0.4, -0.2) is 80.6 Å². The quantitative estimate of drug-likeness (QED) is 0.245. The highest BCUT2D eigenvalue weighted by atomic mass is 35.5. The summed E-state index contributed by atoms with van der Waals surface area (Å²) in [6, 6.07) is 6.45. The topological polar surface area (TPSA) is 129 Å². The smallest absolute Gasteiger partial charge is 0.264 e. The van der Waals surface area contributed by atoms with Crippen LogP contribution in [0.5, 0.6) is 11.5 Å². The summed E-state index contributed by atoms with van der Waals surface area (Å²) in [4.78, 5) is 22.9. The van der Waals surface area contributed by atoms with Crippen molar-refractivity contribution in [2.75, 3.05) is 44.5 Å². The molecule has 1 aromatic heterocycles. The average Bonchev–Trinajstić information content (AvgIpc) is 3.47. The van der Waals surface area contributed by atoms with Gasteiger partial charge in [-0.15, -0.1) is 0 Å². The number of halogens is 3. The van der Waals surface area contributed by atoms with Gasteiger partial charge >= 0.3 is 0 Å². The van der Waals surface area contributed by atoms with Crippen LogP contribution in [0.1, 0.15) is 25.7 Å². The third-order valence-electron chi connectivity index (χ3n) is 6.87. The molecule has 3 aromatic rings. The van der Waals surface area contributed by atoms with Crippen molar-refractivity contribution in [1.29, 1.82) is 0 Å². The van der Waals surface area contributed by atoms with Crippen molar-refractivity contribution in [2.24, 2.45) is 0 Å². The molecule has 1 N–H and O–H groups in total. The van der Waals surface area contributed by atoms with Gasteiger partial charge < -0.3 is 24.4 Å². The fourth-order valence-electron chi connectivity index (χ4n) is 4.72. The number of carbonyl (C=O) groups is 1. The number of ether oxygens (including phenoxy) is 3. The maximum absolute atomic E-state index is 14.8. The summed E-state index contributed by atoms with van der Waals surface area (Å²) < 4.78 is 59.9. The van der Waals surface area contributed by atoms with Crippen molar-refractivity contribution < 1.29 is 36.0 Å². The highest BCUT2D eigenvalue weighted by Crippen LogP contribution is 2.38. The monoisotopic (exact) mass is 642 g/mol. The van der Waals surface area contributed by atoms with Crippen LogP contribution in [0.4, 0.5) is 15.9 Å². The van der Waals surface area contributed by atoms with Crippen LogP contribution in [0, 0.1) is 5.82 Å². The lowest BCUT2D eigenvalue weighted by Gasteiger charge is -2.32. The largest absolute Gasteiger partial charge is 0.486 e. The van der Waals surface area contributed by atoms with Gasteiger partial charge in [-0.05, 0) is 18.2 Å². The summed E-state index contributed by atoms with van der Waals surface area (Å²) in [7, 11) is -3.60. The van der Waals surface area contributed by atoms with Crippen LogP contribution in [0.2, 0.25) is 10.0 Å². The molecule has 0 spiro atoms. The molecule has 2 aliphatic heterocycles. The standard InChI is InChI=1S/C27H29Cl2FN4O7S/c1-42(36,37)39-11-7-24(35)34-8-4-16(5-9-34)40-22-12-18-21(13-23(22)41-17-6-10-38-14-17)31-15-32-27(18)33-20-3-2-19(28)25(29)26(20)30/h2-3,12-13,15-17H,4-11,14H2,1H3,(H,31,32,33). The number of rotatable bonds is 10. The van der Waals surface area contributed by atoms with E-state index in [1.54, 1.807) is 17.0 Å². The molecule has 0 bridgehead atoms. The van der Waals surface area contributed by atoms with E-state index in [1.165, 1.54) is 18.5 Å². The van der Waals surface area contributed by atoms with Crippen LogP contribution in [0.25, 0.3) is 10.9 Å². The number of fused-ring (bicyclic) bond motifs is 1. The molecule has 2 fully saturated rings. The Labute approximate surface area is 252 Å². The molecule has 2 saturated heterocycles. The zero-order valence-corrected chi connectivity index (χ0v) is 25.0. The van der Waals surface area contributed by atoms with Crippen LogP contribution < -0.4 is 14.8 Å². The predicted octanol–water partition coefficient (Wildman–Crippen LogP) is 4.72. The molecule has 3 heterocycles. The van der Waals surface area contributed by atoms with Gasteiger partial charge in [0.1, 0.15) is 24.4 Å². The third kappa shape index (κ3) is 7.51. The fourth-order valence-corrected chi connectivity index (χ4v) is 5.42. The van der Waals surface area contributed by atoms with Crippen LogP contribution in [-0.2, 0) is 23.8 Å². The minimum atomic E-state index is -3.60. The summed E-state index contributed by atoms with van der Waals surface area (Å²) in [6.45, 7) is 1.74. The first-order chi connectivity index (χ1) is 20.1. The lowest BCUT2D eigenvalue weighted by atomic mass is 10.1. The third-order valence-corrected chi connectivity index (χ3v) is 8.25. The molecule has 2 aromatic carbocycles. The first-order valence-electron chi connectivity index (χ1n) is 13.3. The second-order valence-electron chi connectivity index (χ2n) is 9.96. The molecule has 11 nitrogen and oxygen atoms in total. The molecule has 1 atom stereocenters. The van der Waals surface area contributed by atoms with E-state index in [1.807, 2.05) is 0 Å². The maximum Gasteiger partial charge on any atom is 0.264 e. The van der Waals surface area contributed by atoms with Gasteiger partial charge in [0, 0.05) is 43.8 Å². The van der Waals surface area contributed by atoms with E-state index >= 15 is 0 Å². The van der Waals surface area contributed by atoms with Gasteiger partial charge in [-0.3, -0.25) is 8.98 Å². The maximum atomic E-state index is 14.8. The fraction of sp³-hybridized carbons (Fsp3) is 0.444. The van der Waals surface area contributed by atoms with E-state index in [2.05, 4.69) is 19.5 Å². The second-order valence-corrected chi connectivity index (χ2v) is 12.4. The number of aromatic nitrogens is 2. The molecule has 42 heavy (non-hydrogen) atoms. The SMILES string of the molecule is CS(=O)(=O)OCCC(=O)N1CCC(Oc2cc3c(Nc4ccc(Cl)c(Cl)c4F)ncnc3cc2OC2CCOC2)CC1. The summed E-state index contributed by atoms with van der Waals surface area (Å²) in [5.74, 6) is 0.371. The van der Waals surface area contributed by atoms with Crippen LogP contribution in [0.3, 0.4) is 0 Å². The lowest BCUT2D eigenvalue weighted by Crippen LogP contribution is -2.42. The van der Waals surface area contributed by atoms with Crippen molar-refractivity contribution in [1.82, 2.24) is 14.9 Å². The van der Waals surface area contributed by atoms with Crippen molar-refractivity contribution in [2.45, 2.75) is 37.9 Å². The molecule has 15 heteroatoms. The number of likely N-dealkylation sites (tertiary alicyclic amines) is 1. The molecule has 226 valence electrons. The Morgan fingerprint density at radius 2 is 1.86 bits per heavy atom. The first-order valence-corrected chi connectivity index (χ1v) is 15.9. The van der Waals surface area contributed by atoms with Gasteiger partial charge in [0.2, 0.25) is 5.91 Å². The van der Waals surface area contributed by atoms with Gasteiger partial charge in [-0.2, -0.15) is 8.42 Å². The van der Waals surface area contributed by atoms with E-state index in [0.717, 1.165) is 12.7 Å². The molecule has 5 rings (SSSR count). The number of hydrogen-bond acceptors (Lipinski definition) is 10. The van der Waals surface area contributed by atoms with E-state index < -0.39 is 15.9 Å². The summed E-state index contributed by atoms with van der Waals surface area (Å²) >= 11 is 11.9. The Bertz CT molecular complexity index is 1570. The molecule has 0 radical (unpaired) electrons. The van der Waals surface area contributed by atoms with E-state index in [9.17, 15) is 17.6 Å². The highest BCUT2D eigenvalue weighted by molar-refractivity contribution is 7.85. The first kappa shape index (κ1) is 30.5. The van der Waals surface area contributed by atoms with Gasteiger partial charge in [-0.1, -0.05) is 23.2 Å². The number of nitrogens with zero attached hydrogens (tertiary/aromatic N) is 3. The Kier molecular flexibility index (Phi) is 9.53. The van der Waals surface area contributed by atoms with Gasteiger partial charge in [0.25, 0.3) is 10.1 Å². The molecule has 0 saturated carbocycles. The number of hydrogen-bond donors (Lipinski definition) is 1. The molecule has 2 aliphatic rings. The van der Waals surface area contributed by atoms with Crippen molar-refractivity contribution in [3.05, 3.63) is 46.5 Å². The van der Waals surface area contributed by atoms with Gasteiger partial charge in [0.15, 0.2) is 17.3 Å². The lowest BCUT2D eigenvalue weighted by molar-refractivity contribution is -0.133. The molecular formula is C27H29Cl2FN4O7S. The van der Waals surface area contributed by atoms with E-state index in [0.29, 0.717) is 67.4 Å². The van der Waals surface area contributed by atoms with Crippen molar-refractivity contribution in [3.63, 3.8) is 0 Å². The molecular weight excluding hydrogens is 614 g/mol. The van der Waals surface area contributed by atoms with Crippen molar-refractivity contribution >= 4 is 61.6 Å². The van der Waals surface area contributed by atoms with E-state index in [4.69, 9.17) is 37.4 Å². The minimum absolute atomic E-state index is 0.0279. The highest BCUT2D eigenvalue weighted by Gasteiger charge is 2.27. The Morgan fingerprint density at radius 1 is 1.12 bits per heavy atom. The number of anilines is 2. The molecule has 1 amide bonds. The predicted molar refractivity (Wildman–Crippen MR) is 155 cm³/mol. The molecule has 1 unspecified atom stereocenters. The Morgan fingerprint density at radius 3 is 2.57 bits per heavy atom. The zero-order chi connectivity index (χ0) is 29.9. The summed E-state index contributed by atoms with van der Waals surface area (Å²) in [5, 5.41) is 3.43. The molecule has 0 aliphatic carbocycles. The number of nitrogens with one attached hydrogen (secondary N) is 1. The van der Waals surface area contributed by atoms with Crippen LogP contribution in [0.15, 0.2) is 30.6 Å².